The first-order chi connectivity index (χ1) is 10.7. The topological polar surface area (TPSA) is 77.9 Å². The van der Waals surface area contributed by atoms with E-state index in [1.807, 2.05) is 0 Å². The quantitative estimate of drug-likeness (QED) is 0.887. The normalized spacial score (nSPS) is 19.9. The highest BCUT2D eigenvalue weighted by Crippen LogP contribution is 2.32. The number of hydrogen-bond acceptors (Lipinski definition) is 3. The minimum atomic E-state index is -1.09. The molecule has 6 nitrogen and oxygen atoms in total. The van der Waals surface area contributed by atoms with Gasteiger partial charge >= 0.3 is 5.97 Å². The number of carbonyl (C=O) groups is 3. The standard InChI is InChI=1S/C16H19ClN2O4/c1-11(20)19-8-7-16(19,2)15(23)18(10-14(21)22)9-12-3-5-13(17)6-4-12/h3-6H,7-10H2,1-2H3,(H,21,22). The monoisotopic (exact) mass is 338 g/mol. The molecule has 1 N–H and O–H groups in total. The number of likely N-dealkylation sites (tertiary alicyclic amines) is 1. The van der Waals surface area contributed by atoms with E-state index >= 15 is 0 Å². The molecule has 7 heteroatoms. The van der Waals surface area contributed by atoms with Gasteiger partial charge in [0.2, 0.25) is 11.8 Å². The number of hydrogen-bond donors (Lipinski definition) is 1. The second-order valence-electron chi connectivity index (χ2n) is 5.88. The lowest BCUT2D eigenvalue weighted by molar-refractivity contribution is -0.165. The maximum absolute atomic E-state index is 12.8. The Morgan fingerprint density at radius 3 is 2.35 bits per heavy atom. The van der Waals surface area contributed by atoms with Crippen LogP contribution in [-0.2, 0) is 20.9 Å². The van der Waals surface area contributed by atoms with Crippen molar-refractivity contribution in [1.82, 2.24) is 9.80 Å². The Balaban J connectivity index is 2.20. The number of aliphatic carboxylic acids is 1. The van der Waals surface area contributed by atoms with E-state index in [1.165, 1.54) is 16.7 Å². The molecule has 0 bridgehead atoms. The lowest BCUT2D eigenvalue weighted by Gasteiger charge is -2.50. The van der Waals surface area contributed by atoms with Gasteiger partial charge in [0.05, 0.1) is 0 Å². The summed E-state index contributed by atoms with van der Waals surface area (Å²) >= 11 is 5.83. The number of halogens is 1. The zero-order valence-corrected chi connectivity index (χ0v) is 13.8. The Labute approximate surface area is 139 Å². The van der Waals surface area contributed by atoms with Crippen LogP contribution in [0.2, 0.25) is 5.02 Å². The van der Waals surface area contributed by atoms with Crippen LogP contribution in [0.1, 0.15) is 25.8 Å². The van der Waals surface area contributed by atoms with E-state index < -0.39 is 18.1 Å². The van der Waals surface area contributed by atoms with Crippen LogP contribution in [-0.4, -0.2) is 51.3 Å². The summed E-state index contributed by atoms with van der Waals surface area (Å²) in [5.41, 5.74) is -0.186. The molecule has 1 aliphatic rings. The minimum Gasteiger partial charge on any atom is -0.480 e. The molecule has 0 aliphatic carbocycles. The Morgan fingerprint density at radius 2 is 1.91 bits per heavy atom. The average Bonchev–Trinajstić information content (AvgIpc) is 2.45. The number of carbonyl (C=O) groups excluding carboxylic acids is 2. The van der Waals surface area contributed by atoms with Crippen molar-refractivity contribution in [2.45, 2.75) is 32.4 Å². The second-order valence-corrected chi connectivity index (χ2v) is 6.31. The lowest BCUT2D eigenvalue weighted by atomic mass is 9.84. The Kier molecular flexibility index (Phi) is 4.94. The molecule has 124 valence electrons. The van der Waals surface area contributed by atoms with Crippen LogP contribution in [0.15, 0.2) is 24.3 Å². The number of amides is 2. The third-order valence-electron chi connectivity index (χ3n) is 4.16. The number of benzene rings is 1. The summed E-state index contributed by atoms with van der Waals surface area (Å²) in [5, 5.41) is 9.66. The van der Waals surface area contributed by atoms with Gasteiger partial charge in [-0.1, -0.05) is 23.7 Å². The van der Waals surface area contributed by atoms with Crippen molar-refractivity contribution in [2.75, 3.05) is 13.1 Å². The highest BCUT2D eigenvalue weighted by Gasteiger charge is 2.50. The third-order valence-corrected chi connectivity index (χ3v) is 4.41. The van der Waals surface area contributed by atoms with Gasteiger partial charge in [-0.15, -0.1) is 0 Å². The molecule has 1 fully saturated rings. The van der Waals surface area contributed by atoms with Gasteiger partial charge < -0.3 is 14.9 Å². The predicted molar refractivity (Wildman–Crippen MR) is 84.9 cm³/mol. The molecule has 1 heterocycles. The third kappa shape index (κ3) is 3.64. The predicted octanol–water partition coefficient (Wildman–Crippen LogP) is 1.76. The fraction of sp³-hybridized carbons (Fsp3) is 0.438. The second kappa shape index (κ2) is 6.58. The number of carboxylic acids is 1. The van der Waals surface area contributed by atoms with E-state index in [0.717, 1.165) is 5.56 Å². The highest BCUT2D eigenvalue weighted by molar-refractivity contribution is 6.30. The largest absolute Gasteiger partial charge is 0.480 e. The molecule has 2 amide bonds. The summed E-state index contributed by atoms with van der Waals surface area (Å²) in [6.45, 7) is 3.34. The smallest absolute Gasteiger partial charge is 0.323 e. The van der Waals surface area contributed by atoms with E-state index in [-0.39, 0.29) is 18.4 Å². The SMILES string of the molecule is CC(=O)N1CCC1(C)C(=O)N(CC(=O)O)Cc1ccc(Cl)cc1. The van der Waals surface area contributed by atoms with Crippen LogP contribution in [0.4, 0.5) is 0 Å². The van der Waals surface area contributed by atoms with Crippen LogP contribution in [0.25, 0.3) is 0 Å². The van der Waals surface area contributed by atoms with Gasteiger partial charge in [-0.05, 0) is 31.0 Å². The van der Waals surface area contributed by atoms with Crippen LogP contribution in [0.3, 0.4) is 0 Å². The Bertz CT molecular complexity index is 631. The molecule has 1 aromatic rings. The summed E-state index contributed by atoms with van der Waals surface area (Å²) in [7, 11) is 0. The van der Waals surface area contributed by atoms with Gasteiger partial charge in [0.1, 0.15) is 12.1 Å². The van der Waals surface area contributed by atoms with Gasteiger partial charge in [-0.2, -0.15) is 0 Å². The average molecular weight is 339 g/mol. The van der Waals surface area contributed by atoms with Crippen LogP contribution in [0, 0.1) is 0 Å². The number of carboxylic acid groups (broad SMARTS) is 1. The summed E-state index contributed by atoms with van der Waals surface area (Å²) < 4.78 is 0. The van der Waals surface area contributed by atoms with Crippen LogP contribution >= 0.6 is 11.6 Å². The molecule has 1 unspecified atom stereocenters. The number of nitrogens with zero attached hydrogens (tertiary/aromatic N) is 2. The van der Waals surface area contributed by atoms with Crippen molar-refractivity contribution in [3.8, 4) is 0 Å². The van der Waals surface area contributed by atoms with Crippen molar-refractivity contribution in [1.29, 1.82) is 0 Å². The molecule has 1 aliphatic heterocycles. The summed E-state index contributed by atoms with van der Waals surface area (Å²) in [6, 6.07) is 6.87. The van der Waals surface area contributed by atoms with Gasteiger partial charge in [-0.25, -0.2) is 0 Å². The first-order valence-electron chi connectivity index (χ1n) is 7.28. The first kappa shape index (κ1) is 17.3. The molecule has 1 aromatic carbocycles. The zero-order valence-electron chi connectivity index (χ0n) is 13.1. The van der Waals surface area contributed by atoms with E-state index in [2.05, 4.69) is 0 Å². The maximum Gasteiger partial charge on any atom is 0.323 e. The fourth-order valence-corrected chi connectivity index (χ4v) is 2.93. The molecule has 0 saturated carbocycles. The summed E-state index contributed by atoms with van der Waals surface area (Å²) in [5.74, 6) is -1.63. The zero-order chi connectivity index (χ0) is 17.2. The Morgan fingerprint density at radius 1 is 1.30 bits per heavy atom. The van der Waals surface area contributed by atoms with Gasteiger partial charge in [0.25, 0.3) is 0 Å². The molecule has 2 rings (SSSR count). The summed E-state index contributed by atoms with van der Waals surface area (Å²) in [6.07, 6.45) is 0.530. The van der Waals surface area contributed by atoms with Crippen molar-refractivity contribution in [3.63, 3.8) is 0 Å². The van der Waals surface area contributed by atoms with Gasteiger partial charge in [0.15, 0.2) is 0 Å². The van der Waals surface area contributed by atoms with Crippen LogP contribution < -0.4 is 0 Å². The van der Waals surface area contributed by atoms with E-state index in [0.29, 0.717) is 18.0 Å². The molecule has 0 radical (unpaired) electrons. The maximum atomic E-state index is 12.8. The molecule has 0 aromatic heterocycles. The molecule has 1 saturated heterocycles. The van der Waals surface area contributed by atoms with Crippen LogP contribution in [0.5, 0.6) is 0 Å². The van der Waals surface area contributed by atoms with Gasteiger partial charge in [-0.3, -0.25) is 14.4 Å². The van der Waals surface area contributed by atoms with Crippen molar-refractivity contribution in [3.05, 3.63) is 34.9 Å². The molecule has 1 atom stereocenters. The van der Waals surface area contributed by atoms with Crippen molar-refractivity contribution < 1.29 is 19.5 Å². The summed E-state index contributed by atoms with van der Waals surface area (Å²) in [4.78, 5) is 38.3. The fourth-order valence-electron chi connectivity index (χ4n) is 2.80. The number of rotatable bonds is 5. The van der Waals surface area contributed by atoms with Crippen molar-refractivity contribution in [2.24, 2.45) is 0 Å². The van der Waals surface area contributed by atoms with E-state index in [1.54, 1.807) is 31.2 Å². The molecular formula is C16H19ClN2O4. The molecule has 23 heavy (non-hydrogen) atoms. The van der Waals surface area contributed by atoms with Crippen molar-refractivity contribution >= 4 is 29.4 Å². The molecule has 0 spiro atoms. The van der Waals surface area contributed by atoms with E-state index in [9.17, 15) is 14.4 Å². The minimum absolute atomic E-state index is 0.156. The highest BCUT2D eigenvalue weighted by atomic mass is 35.5. The molecular weight excluding hydrogens is 320 g/mol. The lowest BCUT2D eigenvalue weighted by Crippen LogP contribution is -2.67. The van der Waals surface area contributed by atoms with Gasteiger partial charge in [0, 0.05) is 25.0 Å². The Hall–Kier alpha value is -2.08. The van der Waals surface area contributed by atoms with E-state index in [4.69, 9.17) is 16.7 Å². The first-order valence-corrected chi connectivity index (χ1v) is 7.65.